The van der Waals surface area contributed by atoms with E-state index in [0.29, 0.717) is 0 Å². The number of benzene rings is 1. The largest absolute Gasteiger partial charge is 0.335 e. The third-order valence-corrected chi connectivity index (χ3v) is 5.86. The van der Waals surface area contributed by atoms with Crippen LogP contribution in [0.4, 0.5) is 31.6 Å². The second kappa shape index (κ2) is 5.99. The number of halogens is 6. The monoisotopic (exact) mass is 370 g/mol. The molecule has 4 nitrogen and oxygen atoms in total. The average molecular weight is 370 g/mol. The number of rotatable bonds is 2. The Morgan fingerprint density at radius 1 is 1.13 bits per heavy atom. The van der Waals surface area contributed by atoms with Crippen LogP contribution in [0.2, 0.25) is 0 Å². The summed E-state index contributed by atoms with van der Waals surface area (Å²) in [4.78, 5) is 0. The Morgan fingerprint density at radius 2 is 1.65 bits per heavy atom. The van der Waals surface area contributed by atoms with Crippen LogP contribution >= 0.6 is 16.0 Å². The number of aryl methyl sites for hydroxylation is 2. The van der Waals surface area contributed by atoms with E-state index in [2.05, 4.69) is 9.84 Å². The number of nitriles is 1. The second-order valence-electron chi connectivity index (χ2n) is 4.27. The summed E-state index contributed by atoms with van der Waals surface area (Å²) in [7, 11) is -4.12. The van der Waals surface area contributed by atoms with Crippen molar-refractivity contribution in [3.05, 3.63) is 34.5 Å². The standard InChI is InChI=1S/C11H6F6N4P2/c1-4-11(22-21(2)19-4)23(16,17)20-10-8(14)6(12)5(3-18)7(13)9(10)15/h1-2H3. The molecule has 0 saturated heterocycles. The average Bonchev–Trinajstić information content (AvgIpc) is 2.82. The molecule has 0 bridgehead atoms. The van der Waals surface area contributed by atoms with Gasteiger partial charge in [0, 0.05) is 15.4 Å². The molecule has 0 unspecified atom stereocenters. The van der Waals surface area contributed by atoms with Gasteiger partial charge in [-0.1, -0.05) is 0 Å². The highest BCUT2D eigenvalue weighted by atomic mass is 31.2. The van der Waals surface area contributed by atoms with Gasteiger partial charge in [0.15, 0.2) is 23.3 Å². The van der Waals surface area contributed by atoms with E-state index in [1.165, 1.54) is 14.0 Å². The van der Waals surface area contributed by atoms with Crippen LogP contribution < -0.4 is 5.04 Å². The molecule has 0 N–H and O–H groups in total. The predicted molar refractivity (Wildman–Crippen MR) is 72.3 cm³/mol. The lowest BCUT2D eigenvalue weighted by atomic mass is 10.1. The molecule has 0 saturated carbocycles. The normalized spacial score (nSPS) is 11.8. The molecule has 0 radical (unpaired) electrons. The number of hydrogen-bond acceptors (Lipinski definition) is 3. The minimum absolute atomic E-state index is 0.0477. The summed E-state index contributed by atoms with van der Waals surface area (Å²) in [5.74, 6) is -8.42. The third-order valence-electron chi connectivity index (χ3n) is 2.69. The summed E-state index contributed by atoms with van der Waals surface area (Å²) >= 11 is 0. The Kier molecular flexibility index (Phi) is 4.56. The summed E-state index contributed by atoms with van der Waals surface area (Å²) in [6.07, 6.45) is 0. The summed E-state index contributed by atoms with van der Waals surface area (Å²) < 4.78 is 86.5. The Hall–Kier alpha value is -1.84. The zero-order valence-electron chi connectivity index (χ0n) is 11.5. The maximum absolute atomic E-state index is 14.2. The van der Waals surface area contributed by atoms with Crippen molar-refractivity contribution in [1.29, 1.82) is 5.26 Å². The number of nitrogens with zero attached hydrogens (tertiary/aromatic N) is 4. The highest BCUT2D eigenvalue weighted by Crippen LogP contribution is 2.57. The fraction of sp³-hybridized carbons (Fsp3) is 0.182. The van der Waals surface area contributed by atoms with Crippen molar-refractivity contribution in [1.82, 2.24) is 9.54 Å². The van der Waals surface area contributed by atoms with Crippen LogP contribution in [0.1, 0.15) is 11.3 Å². The smallest absolute Gasteiger partial charge is 0.249 e. The number of aromatic nitrogens is 2. The topological polar surface area (TPSA) is 54.0 Å². The van der Waals surface area contributed by atoms with Crippen LogP contribution in [0.3, 0.4) is 0 Å². The minimum Gasteiger partial charge on any atom is -0.249 e. The Morgan fingerprint density at radius 3 is 2.04 bits per heavy atom. The second-order valence-corrected chi connectivity index (χ2v) is 7.47. The maximum atomic E-state index is 14.2. The van der Waals surface area contributed by atoms with Crippen molar-refractivity contribution in [3.8, 4) is 6.07 Å². The highest BCUT2D eigenvalue weighted by molar-refractivity contribution is 7.72. The molecule has 1 aromatic carbocycles. The lowest BCUT2D eigenvalue weighted by Crippen LogP contribution is -2.01. The molecule has 1 aromatic heterocycles. The zero-order valence-corrected chi connectivity index (χ0v) is 13.2. The molecule has 0 amide bonds. The van der Waals surface area contributed by atoms with Crippen molar-refractivity contribution < 1.29 is 26.0 Å². The van der Waals surface area contributed by atoms with Crippen molar-refractivity contribution >= 4 is 26.8 Å². The Balaban J connectivity index is 2.78. The first kappa shape index (κ1) is 17.5. The summed E-state index contributed by atoms with van der Waals surface area (Å²) in [6.45, 7) is 1.25. The van der Waals surface area contributed by atoms with Crippen LogP contribution in [0, 0.1) is 41.5 Å². The molecule has 1 heterocycles. The summed E-state index contributed by atoms with van der Waals surface area (Å²) in [5.41, 5.74) is -3.40. The first-order valence-corrected chi connectivity index (χ1v) is 8.13. The van der Waals surface area contributed by atoms with E-state index in [4.69, 9.17) is 5.26 Å². The molecule has 0 aliphatic rings. The van der Waals surface area contributed by atoms with E-state index in [9.17, 15) is 26.0 Å². The molecular formula is C11H6F6N4P2. The van der Waals surface area contributed by atoms with Crippen LogP contribution in [0.25, 0.3) is 0 Å². The fourth-order valence-corrected chi connectivity index (χ4v) is 4.27. The predicted octanol–water partition coefficient (Wildman–Crippen LogP) is 4.66. The van der Waals surface area contributed by atoms with E-state index < -0.39 is 47.2 Å². The van der Waals surface area contributed by atoms with Crippen LogP contribution in [0.15, 0.2) is 4.74 Å². The zero-order chi connectivity index (χ0) is 17.5. The lowest BCUT2D eigenvalue weighted by molar-refractivity contribution is 0.453. The van der Waals surface area contributed by atoms with Gasteiger partial charge in [0.05, 0.1) is 5.69 Å². The minimum atomic E-state index is -5.46. The molecule has 0 spiro atoms. The quantitative estimate of drug-likeness (QED) is 0.439. The molecule has 0 aliphatic carbocycles. The van der Waals surface area contributed by atoms with E-state index in [1.807, 2.05) is 0 Å². The van der Waals surface area contributed by atoms with E-state index >= 15 is 0 Å². The Labute approximate surface area is 127 Å². The van der Waals surface area contributed by atoms with Gasteiger partial charge in [-0.05, 0) is 6.92 Å². The summed E-state index contributed by atoms with van der Waals surface area (Å²) in [5, 5.41) is 11.6. The van der Waals surface area contributed by atoms with E-state index in [0.717, 1.165) is 10.5 Å². The highest BCUT2D eigenvalue weighted by Gasteiger charge is 2.31. The van der Waals surface area contributed by atoms with Gasteiger partial charge in [-0.2, -0.15) is 23.5 Å². The van der Waals surface area contributed by atoms with Gasteiger partial charge in [0.1, 0.15) is 22.4 Å². The third kappa shape index (κ3) is 2.99. The molecule has 12 heteroatoms. The molecule has 2 aromatic rings. The molecule has 2 rings (SSSR count). The Bertz CT molecular complexity index is 866. The van der Waals surface area contributed by atoms with Crippen LogP contribution in [0.5, 0.6) is 0 Å². The van der Waals surface area contributed by atoms with Gasteiger partial charge in [-0.15, -0.1) is 0 Å². The first-order chi connectivity index (χ1) is 10.6. The SMILES string of the molecule is Cc1nn(C)pc1P(F)(F)=Nc1c(F)c(F)c(C#N)c(F)c1F. The van der Waals surface area contributed by atoms with Gasteiger partial charge in [-0.3, -0.25) is 0 Å². The van der Waals surface area contributed by atoms with E-state index in [-0.39, 0.29) is 14.0 Å². The van der Waals surface area contributed by atoms with Crippen molar-refractivity contribution in [2.24, 2.45) is 11.8 Å². The van der Waals surface area contributed by atoms with Crippen molar-refractivity contribution in [2.75, 3.05) is 0 Å². The molecule has 122 valence electrons. The lowest BCUT2D eigenvalue weighted by Gasteiger charge is -2.08. The van der Waals surface area contributed by atoms with Gasteiger partial charge < -0.3 is 0 Å². The molecular weight excluding hydrogens is 364 g/mol. The van der Waals surface area contributed by atoms with Gasteiger partial charge in [-0.25, -0.2) is 22.0 Å². The van der Waals surface area contributed by atoms with Crippen LogP contribution in [-0.4, -0.2) is 9.54 Å². The van der Waals surface area contributed by atoms with Gasteiger partial charge in [0.25, 0.3) is 0 Å². The van der Waals surface area contributed by atoms with Gasteiger partial charge >= 0.3 is 7.68 Å². The molecule has 0 aliphatic heterocycles. The van der Waals surface area contributed by atoms with Gasteiger partial charge in [0.2, 0.25) is 0 Å². The molecule has 23 heavy (non-hydrogen) atoms. The van der Waals surface area contributed by atoms with Crippen molar-refractivity contribution in [3.63, 3.8) is 0 Å². The number of hydrogen-bond donors (Lipinski definition) is 0. The van der Waals surface area contributed by atoms with Crippen LogP contribution in [-0.2, 0) is 7.05 Å². The molecule has 0 fully saturated rings. The molecule has 0 atom stereocenters. The fourth-order valence-electron chi connectivity index (χ4n) is 1.72. The maximum Gasteiger partial charge on any atom is 0.335 e. The van der Waals surface area contributed by atoms with E-state index in [1.54, 1.807) is 0 Å². The first-order valence-electron chi connectivity index (χ1n) is 5.76. The van der Waals surface area contributed by atoms with Crippen molar-refractivity contribution in [2.45, 2.75) is 6.92 Å². The summed E-state index contributed by atoms with van der Waals surface area (Å²) in [6, 6.07) is 0.921.